The molecule has 1 amide bonds. The normalized spacial score (nSPS) is 18.3. The number of rotatable bonds is 5. The first-order valence-corrected chi connectivity index (χ1v) is 7.40. The number of ketones is 1. The lowest BCUT2D eigenvalue weighted by atomic mass is 10.1. The van der Waals surface area contributed by atoms with Crippen LogP contribution in [0.3, 0.4) is 0 Å². The molecule has 5 nitrogen and oxygen atoms in total. The van der Waals surface area contributed by atoms with E-state index in [0.717, 1.165) is 12.8 Å². The van der Waals surface area contributed by atoms with E-state index in [-0.39, 0.29) is 36.8 Å². The third-order valence-electron chi connectivity index (χ3n) is 3.84. The molecule has 6 heteroatoms. The van der Waals surface area contributed by atoms with Crippen LogP contribution in [-0.4, -0.2) is 48.9 Å². The van der Waals surface area contributed by atoms with Gasteiger partial charge < -0.3 is 15.4 Å². The van der Waals surface area contributed by atoms with Gasteiger partial charge in [0.15, 0.2) is 5.78 Å². The van der Waals surface area contributed by atoms with Crippen LogP contribution in [-0.2, 0) is 9.53 Å². The first kappa shape index (κ1) is 16.6. The summed E-state index contributed by atoms with van der Waals surface area (Å²) in [6, 6.07) is 4.26. The standard InChI is InChI=1S/C16H21FN2O3/c1-11-7-12(4-5-14(11)17)15(20)10-22-13-3-2-6-19(9-13)16(21)8-18/h4-5,7,13H,2-3,6,8-10,18H2,1H3. The maximum absolute atomic E-state index is 13.2. The largest absolute Gasteiger partial charge is 0.368 e. The van der Waals surface area contributed by atoms with Crippen LogP contribution in [0.15, 0.2) is 18.2 Å². The minimum atomic E-state index is -0.333. The SMILES string of the molecule is Cc1cc(C(=O)COC2CCCN(C(=O)CN)C2)ccc1F. The molecule has 0 aliphatic carbocycles. The van der Waals surface area contributed by atoms with E-state index >= 15 is 0 Å². The summed E-state index contributed by atoms with van der Waals surface area (Å²) >= 11 is 0. The number of piperidine rings is 1. The Labute approximate surface area is 129 Å². The van der Waals surface area contributed by atoms with E-state index in [1.807, 2.05) is 0 Å². The number of likely N-dealkylation sites (tertiary alicyclic amines) is 1. The Morgan fingerprint density at radius 1 is 1.45 bits per heavy atom. The number of halogens is 1. The van der Waals surface area contributed by atoms with Crippen molar-refractivity contribution in [2.45, 2.75) is 25.9 Å². The Bertz CT molecular complexity index is 562. The monoisotopic (exact) mass is 308 g/mol. The molecule has 1 aliphatic heterocycles. The van der Waals surface area contributed by atoms with Crippen molar-refractivity contribution in [2.75, 3.05) is 26.2 Å². The summed E-state index contributed by atoms with van der Waals surface area (Å²) in [6.07, 6.45) is 1.49. The number of carbonyl (C=O) groups excluding carboxylic acids is 2. The minimum absolute atomic E-state index is 0.0134. The third kappa shape index (κ3) is 4.11. The highest BCUT2D eigenvalue weighted by atomic mass is 19.1. The number of benzene rings is 1. The molecule has 0 radical (unpaired) electrons. The Balaban J connectivity index is 1.87. The van der Waals surface area contributed by atoms with E-state index < -0.39 is 0 Å². The van der Waals surface area contributed by atoms with Crippen LogP contribution in [0.1, 0.15) is 28.8 Å². The van der Waals surface area contributed by atoms with Gasteiger partial charge in [0, 0.05) is 18.7 Å². The van der Waals surface area contributed by atoms with Crippen LogP contribution in [0.25, 0.3) is 0 Å². The van der Waals surface area contributed by atoms with Crippen molar-refractivity contribution in [1.29, 1.82) is 0 Å². The fourth-order valence-electron chi connectivity index (χ4n) is 2.52. The fourth-order valence-corrected chi connectivity index (χ4v) is 2.52. The second-order valence-corrected chi connectivity index (χ2v) is 5.51. The second-order valence-electron chi connectivity index (χ2n) is 5.51. The lowest BCUT2D eigenvalue weighted by Crippen LogP contribution is -2.45. The van der Waals surface area contributed by atoms with Crippen LogP contribution in [0.2, 0.25) is 0 Å². The highest BCUT2D eigenvalue weighted by Crippen LogP contribution is 2.15. The Hall–Kier alpha value is -1.79. The molecule has 1 saturated heterocycles. The number of Topliss-reactive ketones (excluding diaryl/α,β-unsaturated/α-hetero) is 1. The molecule has 0 spiro atoms. The lowest BCUT2D eigenvalue weighted by Gasteiger charge is -2.32. The second kappa shape index (κ2) is 7.47. The fraction of sp³-hybridized carbons (Fsp3) is 0.500. The third-order valence-corrected chi connectivity index (χ3v) is 3.84. The predicted octanol–water partition coefficient (Wildman–Crippen LogP) is 1.28. The molecule has 120 valence electrons. The van der Waals surface area contributed by atoms with Crippen molar-refractivity contribution < 1.29 is 18.7 Å². The topological polar surface area (TPSA) is 72.6 Å². The van der Waals surface area contributed by atoms with Gasteiger partial charge in [-0.1, -0.05) is 0 Å². The quantitative estimate of drug-likeness (QED) is 0.832. The summed E-state index contributed by atoms with van der Waals surface area (Å²) in [5.41, 5.74) is 6.22. The van der Waals surface area contributed by atoms with E-state index in [1.165, 1.54) is 18.2 Å². The van der Waals surface area contributed by atoms with Crippen molar-refractivity contribution >= 4 is 11.7 Å². The van der Waals surface area contributed by atoms with Gasteiger partial charge in [-0.2, -0.15) is 0 Å². The summed E-state index contributed by atoms with van der Waals surface area (Å²) < 4.78 is 18.8. The number of amides is 1. The van der Waals surface area contributed by atoms with E-state index in [1.54, 1.807) is 11.8 Å². The van der Waals surface area contributed by atoms with Crippen LogP contribution in [0.5, 0.6) is 0 Å². The number of ether oxygens (including phenoxy) is 1. The molecule has 1 aromatic carbocycles. The van der Waals surface area contributed by atoms with Crippen molar-refractivity contribution in [3.05, 3.63) is 35.1 Å². The molecule has 2 rings (SSSR count). The average molecular weight is 308 g/mol. The smallest absolute Gasteiger partial charge is 0.236 e. The molecule has 0 aromatic heterocycles. The molecule has 1 atom stereocenters. The van der Waals surface area contributed by atoms with Gasteiger partial charge in [-0.25, -0.2) is 4.39 Å². The number of nitrogens with two attached hydrogens (primary N) is 1. The zero-order valence-corrected chi connectivity index (χ0v) is 12.7. The molecule has 0 saturated carbocycles. The maximum Gasteiger partial charge on any atom is 0.236 e. The Kier molecular flexibility index (Phi) is 5.63. The van der Waals surface area contributed by atoms with E-state index in [2.05, 4.69) is 0 Å². The summed E-state index contributed by atoms with van der Waals surface area (Å²) in [4.78, 5) is 25.3. The number of aryl methyl sites for hydroxylation is 1. The zero-order chi connectivity index (χ0) is 16.1. The molecule has 22 heavy (non-hydrogen) atoms. The zero-order valence-electron chi connectivity index (χ0n) is 12.7. The summed E-state index contributed by atoms with van der Waals surface area (Å²) in [7, 11) is 0. The summed E-state index contributed by atoms with van der Waals surface area (Å²) in [5.74, 6) is -0.625. The van der Waals surface area contributed by atoms with Crippen molar-refractivity contribution in [1.82, 2.24) is 4.90 Å². The van der Waals surface area contributed by atoms with Gasteiger partial charge in [0.1, 0.15) is 12.4 Å². The van der Waals surface area contributed by atoms with E-state index in [9.17, 15) is 14.0 Å². The molecule has 1 aliphatic rings. The van der Waals surface area contributed by atoms with Crippen LogP contribution < -0.4 is 5.73 Å². The molecular formula is C16H21FN2O3. The van der Waals surface area contributed by atoms with Gasteiger partial charge in [0.25, 0.3) is 0 Å². The van der Waals surface area contributed by atoms with Gasteiger partial charge in [0.05, 0.1) is 12.6 Å². The molecule has 1 heterocycles. The summed E-state index contributed by atoms with van der Waals surface area (Å²) in [6.45, 7) is 2.68. The molecule has 2 N–H and O–H groups in total. The van der Waals surface area contributed by atoms with Crippen LogP contribution in [0, 0.1) is 12.7 Å². The van der Waals surface area contributed by atoms with Crippen LogP contribution in [0.4, 0.5) is 4.39 Å². The molecule has 0 bridgehead atoms. The number of hydrogen-bond acceptors (Lipinski definition) is 4. The average Bonchev–Trinajstić information content (AvgIpc) is 2.54. The lowest BCUT2D eigenvalue weighted by molar-refractivity contribution is -0.133. The maximum atomic E-state index is 13.2. The Morgan fingerprint density at radius 2 is 2.23 bits per heavy atom. The van der Waals surface area contributed by atoms with E-state index in [0.29, 0.717) is 24.2 Å². The van der Waals surface area contributed by atoms with Gasteiger partial charge >= 0.3 is 0 Å². The van der Waals surface area contributed by atoms with Gasteiger partial charge in [-0.15, -0.1) is 0 Å². The molecule has 1 aromatic rings. The summed E-state index contributed by atoms with van der Waals surface area (Å²) in [5, 5.41) is 0. The number of carbonyl (C=O) groups is 2. The Morgan fingerprint density at radius 3 is 2.91 bits per heavy atom. The van der Waals surface area contributed by atoms with Crippen molar-refractivity contribution in [3.8, 4) is 0 Å². The van der Waals surface area contributed by atoms with Gasteiger partial charge in [0.2, 0.25) is 5.91 Å². The number of hydrogen-bond donors (Lipinski definition) is 1. The van der Waals surface area contributed by atoms with Crippen molar-refractivity contribution in [2.24, 2.45) is 5.73 Å². The first-order valence-electron chi connectivity index (χ1n) is 7.40. The van der Waals surface area contributed by atoms with Gasteiger partial charge in [-0.3, -0.25) is 9.59 Å². The highest BCUT2D eigenvalue weighted by Gasteiger charge is 2.24. The number of nitrogens with zero attached hydrogens (tertiary/aromatic N) is 1. The predicted molar refractivity (Wildman–Crippen MR) is 80.1 cm³/mol. The van der Waals surface area contributed by atoms with Crippen molar-refractivity contribution in [3.63, 3.8) is 0 Å². The van der Waals surface area contributed by atoms with E-state index in [4.69, 9.17) is 10.5 Å². The minimum Gasteiger partial charge on any atom is -0.368 e. The van der Waals surface area contributed by atoms with Gasteiger partial charge in [-0.05, 0) is 43.5 Å². The van der Waals surface area contributed by atoms with Crippen LogP contribution >= 0.6 is 0 Å². The molecule has 1 fully saturated rings. The first-order chi connectivity index (χ1) is 10.5. The highest BCUT2D eigenvalue weighted by molar-refractivity contribution is 5.97. The molecular weight excluding hydrogens is 287 g/mol. The molecule has 1 unspecified atom stereocenters.